The standard InChI is InChI=1S/C35H48FN7O2/c1-20-17-42(18-21(2)37-20)32(39-35-16-28-22(3)34(28,6)23(4)33(35,5)19-35)38-25-9-11-27-30(14-25)40-41-43(31(27)44)13-12-24-8-10-26(45-7)15-29(24)36/h8-11,14-15,20-23,28,32,37-39H,12-13,16-19H2,1-7H3/t20-,21+,22?,23-,28-,32?,33+,34?,35+/m0/s1. The maximum absolute atomic E-state index is 14.5. The smallest absolute Gasteiger partial charge is 0.277 e. The summed E-state index contributed by atoms with van der Waals surface area (Å²) in [5.41, 5.74) is 2.57. The molecule has 1 aliphatic heterocycles. The molecule has 0 amide bonds. The molecule has 1 saturated heterocycles. The maximum atomic E-state index is 14.5. The second-order valence-electron chi connectivity index (χ2n) is 15.0. The molecule has 0 spiro atoms. The minimum absolute atomic E-state index is 0.0605. The number of aryl methyl sites for hydroxylation is 2. The molecule has 9 atom stereocenters. The van der Waals surface area contributed by atoms with Gasteiger partial charge in [0.1, 0.15) is 23.4 Å². The Morgan fingerprint density at radius 3 is 2.58 bits per heavy atom. The number of nitrogens with zero attached hydrogens (tertiary/aromatic N) is 4. The van der Waals surface area contributed by atoms with E-state index in [9.17, 15) is 9.18 Å². The summed E-state index contributed by atoms with van der Waals surface area (Å²) >= 11 is 0. The highest BCUT2D eigenvalue weighted by Gasteiger charge is 2.80. The van der Waals surface area contributed by atoms with Crippen LogP contribution < -0.4 is 26.2 Å². The Bertz CT molecular complexity index is 1670. The highest BCUT2D eigenvalue weighted by Crippen LogP contribution is 2.81. The Morgan fingerprint density at radius 1 is 1.11 bits per heavy atom. The van der Waals surface area contributed by atoms with Gasteiger partial charge in [0.2, 0.25) is 0 Å². The number of halogens is 1. The van der Waals surface area contributed by atoms with Crippen LogP contribution in [-0.4, -0.2) is 64.0 Å². The van der Waals surface area contributed by atoms with E-state index >= 15 is 0 Å². The van der Waals surface area contributed by atoms with Crippen molar-refractivity contribution in [2.24, 2.45) is 28.6 Å². The quantitative estimate of drug-likeness (QED) is 0.300. The third kappa shape index (κ3) is 4.95. The van der Waals surface area contributed by atoms with E-state index in [1.807, 2.05) is 18.2 Å². The summed E-state index contributed by atoms with van der Waals surface area (Å²) in [5, 5.41) is 20.8. The number of methoxy groups -OCH3 is 1. The molecule has 3 saturated carbocycles. The minimum atomic E-state index is -0.363. The van der Waals surface area contributed by atoms with Gasteiger partial charge in [0.25, 0.3) is 5.56 Å². The van der Waals surface area contributed by atoms with Crippen molar-refractivity contribution in [3.05, 3.63) is 58.1 Å². The van der Waals surface area contributed by atoms with Gasteiger partial charge in [-0.1, -0.05) is 39.0 Å². The molecule has 3 aromatic rings. The van der Waals surface area contributed by atoms with Gasteiger partial charge in [-0.05, 0) is 91.5 Å². The normalized spacial score (nSPS) is 36.2. The van der Waals surface area contributed by atoms with Crippen LogP contribution in [0.2, 0.25) is 0 Å². The number of aromatic nitrogens is 3. The summed E-state index contributed by atoms with van der Waals surface area (Å²) in [6, 6.07) is 11.2. The number of rotatable bonds is 9. The highest BCUT2D eigenvalue weighted by atomic mass is 19.1. The number of fused-ring (bicyclic) bond motifs is 3. The summed E-state index contributed by atoms with van der Waals surface area (Å²) in [6.45, 7) is 16.5. The van der Waals surface area contributed by atoms with Gasteiger partial charge in [0, 0.05) is 42.5 Å². The van der Waals surface area contributed by atoms with Crippen LogP contribution in [-0.2, 0) is 13.0 Å². The first-order valence-corrected chi connectivity index (χ1v) is 16.6. The Labute approximate surface area is 265 Å². The van der Waals surface area contributed by atoms with Gasteiger partial charge in [-0.3, -0.25) is 15.0 Å². The molecule has 0 radical (unpaired) electrons. The van der Waals surface area contributed by atoms with Crippen molar-refractivity contribution >= 4 is 16.6 Å². The van der Waals surface area contributed by atoms with Crippen molar-refractivity contribution in [1.29, 1.82) is 0 Å². The lowest BCUT2D eigenvalue weighted by molar-refractivity contribution is 0.0721. The van der Waals surface area contributed by atoms with Crippen molar-refractivity contribution in [3.8, 4) is 5.75 Å². The zero-order chi connectivity index (χ0) is 31.9. The van der Waals surface area contributed by atoms with E-state index in [1.54, 1.807) is 12.1 Å². The van der Waals surface area contributed by atoms with Gasteiger partial charge in [-0.2, -0.15) is 0 Å². The molecule has 3 N–H and O–H groups in total. The Balaban J connectivity index is 1.12. The average molecular weight is 618 g/mol. The fourth-order valence-electron chi connectivity index (χ4n) is 9.38. The number of nitrogens with one attached hydrogen (secondary N) is 3. The van der Waals surface area contributed by atoms with E-state index in [1.165, 1.54) is 30.7 Å². The number of ether oxygens (including phenoxy) is 1. The minimum Gasteiger partial charge on any atom is -0.497 e. The predicted molar refractivity (Wildman–Crippen MR) is 175 cm³/mol. The zero-order valence-corrected chi connectivity index (χ0v) is 27.7. The van der Waals surface area contributed by atoms with E-state index in [2.05, 4.69) is 72.7 Å². The summed E-state index contributed by atoms with van der Waals surface area (Å²) in [4.78, 5) is 15.9. The summed E-state index contributed by atoms with van der Waals surface area (Å²) in [7, 11) is 1.50. The first kappa shape index (κ1) is 30.6. The molecule has 3 unspecified atom stereocenters. The largest absolute Gasteiger partial charge is 0.497 e. The lowest BCUT2D eigenvalue weighted by Gasteiger charge is -2.45. The molecular weight excluding hydrogens is 569 g/mol. The van der Waals surface area contributed by atoms with Crippen molar-refractivity contribution in [2.45, 2.75) is 91.3 Å². The monoisotopic (exact) mass is 617 g/mol. The maximum Gasteiger partial charge on any atom is 0.277 e. The number of anilines is 1. The highest BCUT2D eigenvalue weighted by molar-refractivity contribution is 5.80. The Morgan fingerprint density at radius 2 is 1.87 bits per heavy atom. The number of hydrogen-bond acceptors (Lipinski definition) is 8. The van der Waals surface area contributed by atoms with Gasteiger partial charge in [0.05, 0.1) is 19.0 Å². The van der Waals surface area contributed by atoms with Gasteiger partial charge < -0.3 is 15.4 Å². The first-order valence-electron chi connectivity index (χ1n) is 16.6. The van der Waals surface area contributed by atoms with Crippen molar-refractivity contribution in [2.75, 3.05) is 25.5 Å². The van der Waals surface area contributed by atoms with E-state index in [4.69, 9.17) is 4.74 Å². The third-order valence-corrected chi connectivity index (χ3v) is 12.6. The molecule has 1 aromatic heterocycles. The molecule has 10 heteroatoms. The van der Waals surface area contributed by atoms with Crippen LogP contribution in [0.5, 0.6) is 5.75 Å². The molecule has 4 aliphatic rings. The number of hydrogen-bond donors (Lipinski definition) is 3. The molecule has 7 rings (SSSR count). The molecule has 45 heavy (non-hydrogen) atoms. The summed E-state index contributed by atoms with van der Waals surface area (Å²) in [6.07, 6.45) is 2.69. The van der Waals surface area contributed by atoms with Gasteiger partial charge in [-0.15, -0.1) is 5.10 Å². The molecule has 9 nitrogen and oxygen atoms in total. The Hall–Kier alpha value is -3.08. The van der Waals surface area contributed by atoms with Crippen LogP contribution in [0, 0.1) is 34.4 Å². The summed E-state index contributed by atoms with van der Waals surface area (Å²) in [5.74, 6) is 2.32. The van der Waals surface area contributed by atoms with Crippen LogP contribution in [0.4, 0.5) is 10.1 Å². The second kappa shape index (κ2) is 10.7. The molecular formula is C35H48FN7O2. The Kier molecular flexibility index (Phi) is 7.30. The number of piperazine rings is 1. The topological polar surface area (TPSA) is 96.3 Å². The zero-order valence-electron chi connectivity index (χ0n) is 27.7. The van der Waals surface area contributed by atoms with Gasteiger partial charge >= 0.3 is 0 Å². The molecule has 4 fully saturated rings. The lowest BCUT2D eigenvalue weighted by Crippen LogP contribution is -2.65. The molecule has 242 valence electrons. The second-order valence-corrected chi connectivity index (χ2v) is 15.0. The van der Waals surface area contributed by atoms with E-state index < -0.39 is 0 Å². The fraction of sp³-hybridized carbons (Fsp3) is 0.629. The van der Waals surface area contributed by atoms with Crippen LogP contribution in [0.25, 0.3) is 10.9 Å². The fourth-order valence-corrected chi connectivity index (χ4v) is 9.38. The molecule has 0 bridgehead atoms. The van der Waals surface area contributed by atoms with Gasteiger partial charge in [-0.25, -0.2) is 9.07 Å². The molecule has 3 aliphatic carbocycles. The van der Waals surface area contributed by atoms with Crippen molar-refractivity contribution in [3.63, 3.8) is 0 Å². The third-order valence-electron chi connectivity index (χ3n) is 12.6. The molecule has 2 heterocycles. The van der Waals surface area contributed by atoms with Crippen LogP contribution in [0.1, 0.15) is 59.9 Å². The first-order chi connectivity index (χ1) is 21.4. The molecule has 2 aromatic carbocycles. The number of benzene rings is 2. The van der Waals surface area contributed by atoms with E-state index in [-0.39, 0.29) is 35.2 Å². The van der Waals surface area contributed by atoms with E-state index in [0.717, 1.165) is 30.6 Å². The SMILES string of the molecule is COc1ccc(CCn2nnc3cc(NC(N[C@@]45C[C@H]6C(C)C6(C)[C@@H](C)[C@@]4(C)C5)N4C[C@@H](C)N[C@@H](C)C4)ccc3c2=O)c(F)c1. The van der Waals surface area contributed by atoms with Crippen molar-refractivity contribution < 1.29 is 9.13 Å². The predicted octanol–water partition coefficient (Wildman–Crippen LogP) is 4.61. The van der Waals surface area contributed by atoms with Gasteiger partial charge in [0.15, 0.2) is 0 Å². The summed E-state index contributed by atoms with van der Waals surface area (Å²) < 4.78 is 20.9. The van der Waals surface area contributed by atoms with Crippen LogP contribution >= 0.6 is 0 Å². The van der Waals surface area contributed by atoms with Crippen LogP contribution in [0.15, 0.2) is 41.2 Å². The van der Waals surface area contributed by atoms with Crippen LogP contribution in [0.3, 0.4) is 0 Å². The average Bonchev–Trinajstić information content (AvgIpc) is 3.80. The van der Waals surface area contributed by atoms with Crippen molar-refractivity contribution in [1.82, 2.24) is 30.5 Å². The van der Waals surface area contributed by atoms with E-state index in [0.29, 0.717) is 52.1 Å². The lowest BCUT2D eigenvalue weighted by atomic mass is 9.70.